The number of carbonyl (C=O) groups excluding carboxylic acids is 1. The lowest BCUT2D eigenvalue weighted by atomic mass is 9.83. The van der Waals surface area contributed by atoms with Crippen LogP contribution in [0.2, 0.25) is 5.02 Å². The van der Waals surface area contributed by atoms with Crippen LogP contribution in [0.3, 0.4) is 0 Å². The lowest BCUT2D eigenvalue weighted by Crippen LogP contribution is -2.47. The summed E-state index contributed by atoms with van der Waals surface area (Å²) in [5.74, 6) is 0.184. The molecule has 1 saturated heterocycles. The number of nitrogens with zero attached hydrogens (tertiary/aromatic N) is 3. The van der Waals surface area contributed by atoms with Crippen molar-refractivity contribution >= 4 is 23.1 Å². The van der Waals surface area contributed by atoms with Crippen molar-refractivity contribution in [3.8, 4) is 0 Å². The van der Waals surface area contributed by atoms with Gasteiger partial charge in [0.05, 0.1) is 6.54 Å². The predicted octanol–water partition coefficient (Wildman–Crippen LogP) is 4.34. The van der Waals surface area contributed by atoms with Crippen LogP contribution in [0.4, 0.5) is 5.69 Å². The largest absolute Gasteiger partial charge is 0.347 e. The number of likely N-dealkylation sites (N-methyl/N-ethyl adjacent to an activating group) is 1. The molecule has 0 aromatic heterocycles. The predicted molar refractivity (Wildman–Crippen MR) is 124 cm³/mol. The molecule has 2 aromatic rings. The van der Waals surface area contributed by atoms with E-state index in [1.165, 1.54) is 16.8 Å². The van der Waals surface area contributed by atoms with Crippen LogP contribution in [-0.4, -0.2) is 55.4 Å². The zero-order valence-corrected chi connectivity index (χ0v) is 18.8. The van der Waals surface area contributed by atoms with Crippen LogP contribution >= 0.6 is 11.6 Å². The van der Waals surface area contributed by atoms with E-state index >= 15 is 0 Å². The molecule has 0 bridgehead atoms. The SMILES string of the molecule is CN1/C(=C\C(=O)CN2CCN(Cc3ccc(Cl)cc3)CC2)C(C)(C)c2ccccc21. The number of hydrogen-bond acceptors (Lipinski definition) is 4. The lowest BCUT2D eigenvalue weighted by molar-refractivity contribution is -0.116. The summed E-state index contributed by atoms with van der Waals surface area (Å²) in [6.07, 6.45) is 1.86. The number of benzene rings is 2. The zero-order chi connectivity index (χ0) is 21.3. The number of hydrogen-bond donors (Lipinski definition) is 0. The van der Waals surface area contributed by atoms with Gasteiger partial charge >= 0.3 is 0 Å². The number of carbonyl (C=O) groups is 1. The van der Waals surface area contributed by atoms with Crippen molar-refractivity contribution in [2.45, 2.75) is 25.8 Å². The number of rotatable bonds is 5. The Kier molecular flexibility index (Phi) is 6.01. The van der Waals surface area contributed by atoms with Crippen LogP contribution in [0.1, 0.15) is 25.0 Å². The van der Waals surface area contributed by atoms with Crippen molar-refractivity contribution in [3.05, 3.63) is 76.5 Å². The number of allylic oxidation sites excluding steroid dienone is 1. The molecule has 0 atom stereocenters. The molecule has 0 radical (unpaired) electrons. The third kappa shape index (κ3) is 4.31. The maximum absolute atomic E-state index is 12.9. The first-order chi connectivity index (χ1) is 14.3. The molecule has 0 unspecified atom stereocenters. The Morgan fingerprint density at radius 2 is 1.63 bits per heavy atom. The molecule has 0 spiro atoms. The Balaban J connectivity index is 1.34. The standard InChI is InChI=1S/C25H30ClN3O/c1-25(2)22-6-4-5-7-23(22)27(3)24(25)16-21(30)18-29-14-12-28(13-15-29)17-19-8-10-20(26)11-9-19/h4-11,16H,12-15,17-18H2,1-3H3/b24-16-. The van der Waals surface area contributed by atoms with E-state index in [2.05, 4.69) is 72.0 Å². The van der Waals surface area contributed by atoms with Gasteiger partial charge in [0.15, 0.2) is 5.78 Å². The van der Waals surface area contributed by atoms with Gasteiger partial charge in [-0.3, -0.25) is 14.6 Å². The molecule has 5 heteroatoms. The molecule has 0 aliphatic carbocycles. The van der Waals surface area contributed by atoms with Gasteiger partial charge in [0, 0.05) is 67.7 Å². The van der Waals surface area contributed by atoms with Crippen molar-refractivity contribution in [1.82, 2.24) is 9.80 Å². The monoisotopic (exact) mass is 423 g/mol. The third-order valence-corrected chi connectivity index (χ3v) is 6.65. The zero-order valence-electron chi connectivity index (χ0n) is 18.1. The van der Waals surface area contributed by atoms with Gasteiger partial charge in [-0.1, -0.05) is 55.8 Å². The maximum Gasteiger partial charge on any atom is 0.171 e. The van der Waals surface area contributed by atoms with Crippen molar-refractivity contribution in [2.75, 3.05) is 44.7 Å². The Morgan fingerprint density at radius 3 is 2.30 bits per heavy atom. The number of ketones is 1. The molecule has 2 heterocycles. The van der Waals surface area contributed by atoms with Gasteiger partial charge in [-0.15, -0.1) is 0 Å². The van der Waals surface area contributed by atoms with E-state index in [0.717, 1.165) is 43.4 Å². The Bertz CT molecular complexity index is 943. The molecule has 158 valence electrons. The topological polar surface area (TPSA) is 26.8 Å². The highest BCUT2D eigenvalue weighted by Crippen LogP contribution is 2.46. The number of anilines is 1. The summed E-state index contributed by atoms with van der Waals surface area (Å²) < 4.78 is 0. The van der Waals surface area contributed by atoms with Gasteiger partial charge < -0.3 is 4.90 Å². The first kappa shape index (κ1) is 21.1. The average molecular weight is 424 g/mol. The fourth-order valence-corrected chi connectivity index (χ4v) is 4.76. The van der Waals surface area contributed by atoms with Crippen molar-refractivity contribution < 1.29 is 4.79 Å². The molecule has 0 N–H and O–H groups in total. The molecule has 4 nitrogen and oxygen atoms in total. The summed E-state index contributed by atoms with van der Waals surface area (Å²) in [6, 6.07) is 16.5. The quantitative estimate of drug-likeness (QED) is 0.668. The number of piperazine rings is 1. The maximum atomic E-state index is 12.9. The lowest BCUT2D eigenvalue weighted by Gasteiger charge is -2.34. The van der Waals surface area contributed by atoms with E-state index in [0.29, 0.717) is 6.54 Å². The fourth-order valence-electron chi connectivity index (χ4n) is 4.63. The molecule has 30 heavy (non-hydrogen) atoms. The first-order valence-corrected chi connectivity index (χ1v) is 11.0. The molecule has 2 aliphatic heterocycles. The van der Waals surface area contributed by atoms with Gasteiger partial charge in [0.2, 0.25) is 0 Å². The Morgan fingerprint density at radius 1 is 1.00 bits per heavy atom. The Hall–Kier alpha value is -2.14. The second-order valence-corrected chi connectivity index (χ2v) is 9.31. The second-order valence-electron chi connectivity index (χ2n) is 8.88. The molecule has 2 aromatic carbocycles. The summed E-state index contributed by atoms with van der Waals surface area (Å²) in [5, 5.41) is 0.774. The van der Waals surface area contributed by atoms with Gasteiger partial charge in [0.25, 0.3) is 0 Å². The fraction of sp³-hybridized carbons (Fsp3) is 0.400. The summed E-state index contributed by atoms with van der Waals surface area (Å²) in [5.41, 5.74) is 4.67. The van der Waals surface area contributed by atoms with Crippen LogP contribution in [0, 0.1) is 0 Å². The normalized spacial score (nSPS) is 20.5. The van der Waals surface area contributed by atoms with E-state index in [9.17, 15) is 4.79 Å². The third-order valence-electron chi connectivity index (χ3n) is 6.40. The minimum atomic E-state index is -0.154. The molecule has 0 saturated carbocycles. The van der Waals surface area contributed by atoms with Crippen LogP contribution in [-0.2, 0) is 16.8 Å². The van der Waals surface area contributed by atoms with E-state index in [1.807, 2.05) is 18.2 Å². The summed E-state index contributed by atoms with van der Waals surface area (Å²) >= 11 is 5.98. The minimum absolute atomic E-state index is 0.154. The molecule has 2 aliphatic rings. The van der Waals surface area contributed by atoms with Gasteiger partial charge in [-0.25, -0.2) is 0 Å². The molecule has 1 fully saturated rings. The average Bonchev–Trinajstić information content (AvgIpc) is 2.92. The van der Waals surface area contributed by atoms with E-state index < -0.39 is 0 Å². The molecular weight excluding hydrogens is 394 g/mol. The van der Waals surface area contributed by atoms with Crippen LogP contribution in [0.25, 0.3) is 0 Å². The highest BCUT2D eigenvalue weighted by molar-refractivity contribution is 6.30. The molecule has 4 rings (SSSR count). The van der Waals surface area contributed by atoms with E-state index in [-0.39, 0.29) is 11.2 Å². The van der Waals surface area contributed by atoms with Crippen molar-refractivity contribution in [3.63, 3.8) is 0 Å². The molecular formula is C25H30ClN3O. The summed E-state index contributed by atoms with van der Waals surface area (Å²) in [7, 11) is 2.06. The van der Waals surface area contributed by atoms with E-state index in [4.69, 9.17) is 11.6 Å². The van der Waals surface area contributed by atoms with E-state index in [1.54, 1.807) is 0 Å². The van der Waals surface area contributed by atoms with Crippen molar-refractivity contribution in [2.24, 2.45) is 0 Å². The van der Waals surface area contributed by atoms with Crippen LogP contribution in [0.5, 0.6) is 0 Å². The second kappa shape index (κ2) is 8.54. The molecule has 0 amide bonds. The minimum Gasteiger partial charge on any atom is -0.347 e. The highest BCUT2D eigenvalue weighted by Gasteiger charge is 2.38. The summed E-state index contributed by atoms with van der Waals surface area (Å²) in [4.78, 5) is 19.8. The first-order valence-electron chi connectivity index (χ1n) is 10.6. The number of fused-ring (bicyclic) bond motifs is 1. The highest BCUT2D eigenvalue weighted by atomic mass is 35.5. The van der Waals surface area contributed by atoms with Gasteiger partial charge in [0.1, 0.15) is 0 Å². The number of para-hydroxylation sites is 1. The van der Waals surface area contributed by atoms with Crippen LogP contribution in [0.15, 0.2) is 60.3 Å². The number of halogens is 1. The van der Waals surface area contributed by atoms with Gasteiger partial charge in [-0.2, -0.15) is 0 Å². The van der Waals surface area contributed by atoms with Gasteiger partial charge in [-0.05, 0) is 29.3 Å². The summed E-state index contributed by atoms with van der Waals surface area (Å²) in [6.45, 7) is 9.60. The van der Waals surface area contributed by atoms with Crippen molar-refractivity contribution in [1.29, 1.82) is 0 Å². The van der Waals surface area contributed by atoms with Crippen LogP contribution < -0.4 is 4.90 Å². The smallest absolute Gasteiger partial charge is 0.171 e. The Labute approximate surface area is 184 Å².